The predicted molar refractivity (Wildman–Crippen MR) is 57.3 cm³/mol. The first kappa shape index (κ1) is 11.2. The number of hydrogen-bond donors (Lipinski definition) is 0. The average molecular weight is 194 g/mol. The van der Waals surface area contributed by atoms with Gasteiger partial charge in [0.2, 0.25) is 0 Å². The molecule has 0 aromatic heterocycles. The molecule has 1 aromatic carbocycles. The molecule has 14 heavy (non-hydrogen) atoms. The third kappa shape index (κ3) is 2.56. The summed E-state index contributed by atoms with van der Waals surface area (Å²) < 4.78 is 10.6. The third-order valence-electron chi connectivity index (χ3n) is 2.62. The highest BCUT2D eigenvalue weighted by molar-refractivity contribution is 5.21. The largest absolute Gasteiger partial charge is 0.385 e. The minimum Gasteiger partial charge on any atom is -0.385 e. The fraction of sp³-hybridized carbons (Fsp3) is 0.500. The van der Waals surface area contributed by atoms with Crippen molar-refractivity contribution in [3.8, 4) is 0 Å². The lowest BCUT2D eigenvalue weighted by Crippen LogP contribution is -2.26. The van der Waals surface area contributed by atoms with Crippen LogP contribution in [0.3, 0.4) is 0 Å². The Hall–Kier alpha value is -0.860. The highest BCUT2D eigenvalue weighted by Gasteiger charge is 2.25. The maximum absolute atomic E-state index is 5.55. The molecule has 0 radical (unpaired) electrons. The highest BCUT2D eigenvalue weighted by atomic mass is 16.5. The molecular formula is C12H18O2. The van der Waals surface area contributed by atoms with Crippen molar-refractivity contribution in [2.45, 2.75) is 18.9 Å². The van der Waals surface area contributed by atoms with Crippen molar-refractivity contribution < 1.29 is 9.47 Å². The second-order valence-corrected chi connectivity index (χ2v) is 3.54. The highest BCUT2D eigenvalue weighted by Crippen LogP contribution is 2.27. The molecule has 0 heterocycles. The van der Waals surface area contributed by atoms with E-state index in [0.29, 0.717) is 6.61 Å². The number of rotatable bonds is 5. The normalized spacial score (nSPS) is 15.1. The quantitative estimate of drug-likeness (QED) is 0.717. The summed E-state index contributed by atoms with van der Waals surface area (Å²) in [6, 6.07) is 10.2. The number of ether oxygens (including phenoxy) is 2. The van der Waals surface area contributed by atoms with Crippen LogP contribution in [0.4, 0.5) is 0 Å². The fourth-order valence-corrected chi connectivity index (χ4v) is 1.45. The van der Waals surface area contributed by atoms with Gasteiger partial charge in [-0.3, -0.25) is 0 Å². The van der Waals surface area contributed by atoms with Gasteiger partial charge < -0.3 is 9.47 Å². The molecule has 2 nitrogen and oxygen atoms in total. The van der Waals surface area contributed by atoms with E-state index in [0.717, 1.165) is 6.42 Å². The van der Waals surface area contributed by atoms with E-state index in [1.165, 1.54) is 5.56 Å². The Balaban J connectivity index is 2.79. The van der Waals surface area contributed by atoms with Crippen LogP contribution in [0.15, 0.2) is 30.3 Å². The molecule has 0 saturated carbocycles. The van der Waals surface area contributed by atoms with E-state index in [2.05, 4.69) is 19.1 Å². The molecule has 78 valence electrons. The van der Waals surface area contributed by atoms with Crippen LogP contribution in [-0.2, 0) is 15.1 Å². The summed E-state index contributed by atoms with van der Waals surface area (Å²) >= 11 is 0. The molecule has 0 spiro atoms. The molecule has 1 rings (SSSR count). The lowest BCUT2D eigenvalue weighted by atomic mass is 9.93. The SMILES string of the molecule is COCCC(C)(OC)c1ccccc1. The maximum atomic E-state index is 5.55. The number of methoxy groups -OCH3 is 2. The molecule has 0 fully saturated rings. The van der Waals surface area contributed by atoms with Gasteiger partial charge in [0.25, 0.3) is 0 Å². The predicted octanol–water partition coefficient (Wildman–Crippen LogP) is 2.58. The van der Waals surface area contributed by atoms with Gasteiger partial charge in [-0.25, -0.2) is 0 Å². The van der Waals surface area contributed by atoms with Crippen molar-refractivity contribution in [1.29, 1.82) is 0 Å². The van der Waals surface area contributed by atoms with Gasteiger partial charge in [0.05, 0.1) is 5.60 Å². The van der Waals surface area contributed by atoms with E-state index >= 15 is 0 Å². The Labute approximate surface area is 85.8 Å². The monoisotopic (exact) mass is 194 g/mol. The smallest absolute Gasteiger partial charge is 0.0921 e. The first-order valence-electron chi connectivity index (χ1n) is 4.82. The lowest BCUT2D eigenvalue weighted by Gasteiger charge is -2.28. The topological polar surface area (TPSA) is 18.5 Å². The van der Waals surface area contributed by atoms with Crippen LogP contribution in [0, 0.1) is 0 Å². The van der Waals surface area contributed by atoms with Crippen LogP contribution in [0.25, 0.3) is 0 Å². The van der Waals surface area contributed by atoms with Gasteiger partial charge in [0, 0.05) is 27.2 Å². The standard InChI is InChI=1S/C12H18O2/c1-12(14-3,9-10-13-2)11-7-5-4-6-8-11/h4-8H,9-10H2,1-3H3. The third-order valence-corrected chi connectivity index (χ3v) is 2.62. The van der Waals surface area contributed by atoms with Gasteiger partial charge in [0.1, 0.15) is 0 Å². The van der Waals surface area contributed by atoms with Crippen molar-refractivity contribution in [3.05, 3.63) is 35.9 Å². The minimum atomic E-state index is -0.239. The first-order chi connectivity index (χ1) is 6.73. The summed E-state index contributed by atoms with van der Waals surface area (Å²) in [5, 5.41) is 0. The van der Waals surface area contributed by atoms with Gasteiger partial charge in [-0.05, 0) is 12.5 Å². The average Bonchev–Trinajstić information content (AvgIpc) is 2.27. The van der Waals surface area contributed by atoms with Gasteiger partial charge in [-0.15, -0.1) is 0 Å². The lowest BCUT2D eigenvalue weighted by molar-refractivity contribution is -0.0224. The second kappa shape index (κ2) is 5.13. The van der Waals surface area contributed by atoms with Gasteiger partial charge in [0.15, 0.2) is 0 Å². The zero-order chi connectivity index (χ0) is 10.4. The molecule has 0 aliphatic carbocycles. The van der Waals surface area contributed by atoms with Crippen molar-refractivity contribution in [1.82, 2.24) is 0 Å². The fourth-order valence-electron chi connectivity index (χ4n) is 1.45. The summed E-state index contributed by atoms with van der Waals surface area (Å²) in [5.41, 5.74) is 0.955. The molecule has 0 N–H and O–H groups in total. The van der Waals surface area contributed by atoms with Crippen LogP contribution in [0.2, 0.25) is 0 Å². The summed E-state index contributed by atoms with van der Waals surface area (Å²) in [6.07, 6.45) is 0.865. The molecule has 0 bridgehead atoms. The molecule has 0 aliphatic rings. The molecular weight excluding hydrogens is 176 g/mol. The Kier molecular flexibility index (Phi) is 4.11. The van der Waals surface area contributed by atoms with E-state index < -0.39 is 0 Å². The van der Waals surface area contributed by atoms with Crippen molar-refractivity contribution >= 4 is 0 Å². The molecule has 0 aliphatic heterocycles. The summed E-state index contributed by atoms with van der Waals surface area (Å²) in [6.45, 7) is 2.79. The summed E-state index contributed by atoms with van der Waals surface area (Å²) in [7, 11) is 3.45. The van der Waals surface area contributed by atoms with Gasteiger partial charge in [-0.2, -0.15) is 0 Å². The Morgan fingerprint density at radius 2 is 1.79 bits per heavy atom. The molecule has 1 atom stereocenters. The minimum absolute atomic E-state index is 0.239. The first-order valence-corrected chi connectivity index (χ1v) is 4.82. The van der Waals surface area contributed by atoms with E-state index in [1.54, 1.807) is 14.2 Å². The zero-order valence-corrected chi connectivity index (χ0v) is 9.12. The van der Waals surface area contributed by atoms with Crippen LogP contribution in [-0.4, -0.2) is 20.8 Å². The molecule has 1 unspecified atom stereocenters. The van der Waals surface area contributed by atoms with Gasteiger partial charge >= 0.3 is 0 Å². The van der Waals surface area contributed by atoms with Crippen LogP contribution < -0.4 is 0 Å². The van der Waals surface area contributed by atoms with Crippen molar-refractivity contribution in [2.24, 2.45) is 0 Å². The van der Waals surface area contributed by atoms with Crippen LogP contribution in [0.1, 0.15) is 18.9 Å². The van der Waals surface area contributed by atoms with E-state index in [9.17, 15) is 0 Å². The zero-order valence-electron chi connectivity index (χ0n) is 9.12. The molecule has 2 heteroatoms. The van der Waals surface area contributed by atoms with Crippen LogP contribution in [0.5, 0.6) is 0 Å². The summed E-state index contributed by atoms with van der Waals surface area (Å²) in [5.74, 6) is 0. The summed E-state index contributed by atoms with van der Waals surface area (Å²) in [4.78, 5) is 0. The van der Waals surface area contributed by atoms with E-state index in [1.807, 2.05) is 18.2 Å². The molecule has 1 aromatic rings. The van der Waals surface area contributed by atoms with E-state index in [-0.39, 0.29) is 5.60 Å². The Morgan fingerprint density at radius 1 is 1.14 bits per heavy atom. The van der Waals surface area contributed by atoms with E-state index in [4.69, 9.17) is 9.47 Å². The van der Waals surface area contributed by atoms with Crippen LogP contribution >= 0.6 is 0 Å². The van der Waals surface area contributed by atoms with Gasteiger partial charge in [-0.1, -0.05) is 30.3 Å². The Morgan fingerprint density at radius 3 is 2.29 bits per heavy atom. The second-order valence-electron chi connectivity index (χ2n) is 3.54. The number of hydrogen-bond acceptors (Lipinski definition) is 2. The number of benzene rings is 1. The van der Waals surface area contributed by atoms with Crippen molar-refractivity contribution in [2.75, 3.05) is 20.8 Å². The Bertz CT molecular complexity index is 258. The van der Waals surface area contributed by atoms with Crippen molar-refractivity contribution in [3.63, 3.8) is 0 Å². The molecule has 0 amide bonds. The molecule has 0 saturated heterocycles. The maximum Gasteiger partial charge on any atom is 0.0921 e.